The van der Waals surface area contributed by atoms with Gasteiger partial charge in [0.25, 0.3) is 0 Å². The molecule has 156 valence electrons. The Hall–Kier alpha value is -2.12. The van der Waals surface area contributed by atoms with Gasteiger partial charge in [0.15, 0.2) is 0 Å². The highest BCUT2D eigenvalue weighted by molar-refractivity contribution is 5.85. The van der Waals surface area contributed by atoms with Gasteiger partial charge in [-0.15, -0.1) is 0 Å². The first-order valence-corrected chi connectivity index (χ1v) is 9.00. The Labute approximate surface area is 161 Å². The maximum absolute atomic E-state index is 14.5. The van der Waals surface area contributed by atoms with Crippen molar-refractivity contribution >= 4 is 18.0 Å². The zero-order valence-corrected chi connectivity index (χ0v) is 17.5. The molecule has 7 nitrogen and oxygen atoms in total. The molecule has 0 saturated carbocycles. The van der Waals surface area contributed by atoms with Crippen molar-refractivity contribution in [2.45, 2.75) is 72.6 Å². The summed E-state index contributed by atoms with van der Waals surface area (Å²) in [5.74, 6) is -2.16. The first kappa shape index (κ1) is 24.9. The van der Waals surface area contributed by atoms with Gasteiger partial charge >= 0.3 is 12.1 Å². The van der Waals surface area contributed by atoms with Gasteiger partial charge in [0.2, 0.25) is 5.91 Å². The molecule has 0 aliphatic carbocycles. The molecule has 2 atom stereocenters. The molecule has 8 heteroatoms. The topological polar surface area (TPSA) is 93.7 Å². The number of rotatable bonds is 8. The lowest BCUT2D eigenvalue weighted by Crippen LogP contribution is -2.45. The minimum Gasteiger partial charge on any atom is -0.467 e. The molecule has 0 heterocycles. The van der Waals surface area contributed by atoms with Crippen molar-refractivity contribution in [1.29, 1.82) is 0 Å². The average molecular weight is 388 g/mol. The Morgan fingerprint density at radius 1 is 1.00 bits per heavy atom. The largest absolute Gasteiger partial charge is 0.467 e. The second-order valence-corrected chi connectivity index (χ2v) is 7.97. The fourth-order valence-electron chi connectivity index (χ4n) is 2.16. The number of amides is 2. The van der Waals surface area contributed by atoms with Gasteiger partial charge in [-0.1, -0.05) is 27.7 Å². The number of hydrogen-bond acceptors (Lipinski definition) is 5. The van der Waals surface area contributed by atoms with Crippen molar-refractivity contribution in [2.75, 3.05) is 7.11 Å². The summed E-state index contributed by atoms with van der Waals surface area (Å²) in [6, 6.07) is -1.73. The highest BCUT2D eigenvalue weighted by atomic mass is 19.1. The molecule has 0 aromatic carbocycles. The molecule has 2 N–H and O–H groups in total. The van der Waals surface area contributed by atoms with Gasteiger partial charge in [0.05, 0.1) is 13.2 Å². The van der Waals surface area contributed by atoms with Crippen molar-refractivity contribution in [1.82, 2.24) is 10.6 Å². The highest BCUT2D eigenvalue weighted by Crippen LogP contribution is 2.16. The van der Waals surface area contributed by atoms with Gasteiger partial charge < -0.3 is 20.1 Å². The fourth-order valence-corrected chi connectivity index (χ4v) is 2.16. The number of carbonyl (C=O) groups excluding carboxylic acids is 3. The van der Waals surface area contributed by atoms with E-state index in [1.54, 1.807) is 48.5 Å². The second kappa shape index (κ2) is 10.9. The van der Waals surface area contributed by atoms with E-state index in [0.717, 1.165) is 6.08 Å². The van der Waals surface area contributed by atoms with Crippen LogP contribution in [0.2, 0.25) is 0 Å². The maximum Gasteiger partial charge on any atom is 0.408 e. The zero-order valence-electron chi connectivity index (χ0n) is 17.5. The Morgan fingerprint density at radius 3 is 1.93 bits per heavy atom. The molecule has 0 aromatic rings. The van der Waals surface area contributed by atoms with Crippen molar-refractivity contribution < 1.29 is 28.2 Å². The summed E-state index contributed by atoms with van der Waals surface area (Å²) in [6.45, 7) is 12.1. The van der Waals surface area contributed by atoms with Gasteiger partial charge in [-0.05, 0) is 38.7 Å². The maximum atomic E-state index is 14.5. The molecule has 0 aromatic heterocycles. The number of esters is 1. The summed E-state index contributed by atoms with van der Waals surface area (Å²) < 4.78 is 24.3. The molecule has 0 spiro atoms. The van der Waals surface area contributed by atoms with Gasteiger partial charge in [-0.25, -0.2) is 14.0 Å². The van der Waals surface area contributed by atoms with Crippen LogP contribution in [0, 0.1) is 11.8 Å². The summed E-state index contributed by atoms with van der Waals surface area (Å²) in [6.07, 6.45) is 0.0804. The Kier molecular flexibility index (Phi) is 10.0. The van der Waals surface area contributed by atoms with Gasteiger partial charge in [0.1, 0.15) is 17.5 Å². The van der Waals surface area contributed by atoms with Crippen LogP contribution < -0.4 is 10.6 Å². The van der Waals surface area contributed by atoms with E-state index in [0.29, 0.717) is 0 Å². The van der Waals surface area contributed by atoms with Crippen molar-refractivity contribution in [2.24, 2.45) is 11.8 Å². The Morgan fingerprint density at radius 2 is 1.52 bits per heavy atom. The monoisotopic (exact) mass is 388 g/mol. The van der Waals surface area contributed by atoms with Crippen molar-refractivity contribution in [3.05, 3.63) is 11.9 Å². The van der Waals surface area contributed by atoms with Gasteiger partial charge in [-0.2, -0.15) is 0 Å². The van der Waals surface area contributed by atoms with Crippen LogP contribution >= 0.6 is 0 Å². The molecule has 0 radical (unpaired) electrons. The first-order valence-electron chi connectivity index (χ1n) is 9.00. The van der Waals surface area contributed by atoms with Crippen LogP contribution in [0.1, 0.15) is 54.9 Å². The third-order valence-electron chi connectivity index (χ3n) is 3.56. The number of ether oxygens (including phenoxy) is 2. The minimum atomic E-state index is -0.922. The molecule has 0 aliphatic rings. The number of methoxy groups -OCH3 is 1. The molecular weight excluding hydrogens is 355 g/mol. The molecule has 2 amide bonds. The predicted molar refractivity (Wildman–Crippen MR) is 101 cm³/mol. The average Bonchev–Trinajstić information content (AvgIpc) is 2.52. The summed E-state index contributed by atoms with van der Waals surface area (Å²) in [7, 11) is 1.24. The number of carbonyl (C=O) groups is 3. The smallest absolute Gasteiger partial charge is 0.408 e. The number of halogens is 1. The molecule has 0 aliphatic heterocycles. The van der Waals surface area contributed by atoms with Crippen LogP contribution in [-0.4, -0.2) is 42.8 Å². The lowest BCUT2D eigenvalue weighted by Gasteiger charge is -2.25. The van der Waals surface area contributed by atoms with Gasteiger partial charge in [-0.3, -0.25) is 4.79 Å². The summed E-state index contributed by atoms with van der Waals surface area (Å²) in [5.41, 5.74) is -0.703. The van der Waals surface area contributed by atoms with Crippen LogP contribution in [0.15, 0.2) is 11.9 Å². The van der Waals surface area contributed by atoms with E-state index in [4.69, 9.17) is 4.74 Å². The standard InChI is InChI=1S/C19H33FN2O5/c1-11(2)15(22-18(25)27-19(5,6)7)13(20)9-10-14(23)21-16(12(3)4)17(24)26-8/h9,11-12,15-16H,10H2,1-8H3,(H,21,23)(H,22,25)/b13-9+/t15-,16+/m1/s1. The lowest BCUT2D eigenvalue weighted by atomic mass is 10.0. The first-order chi connectivity index (χ1) is 12.3. The van der Waals surface area contributed by atoms with E-state index in [9.17, 15) is 18.8 Å². The van der Waals surface area contributed by atoms with E-state index < -0.39 is 41.5 Å². The van der Waals surface area contributed by atoms with Gasteiger partial charge in [0, 0.05) is 6.42 Å². The van der Waals surface area contributed by atoms with E-state index in [-0.39, 0.29) is 18.3 Å². The quantitative estimate of drug-likeness (QED) is 0.623. The normalized spacial score (nSPS) is 14.6. The SMILES string of the molecule is COC(=O)[C@@H](NC(=O)C/C=C(/F)[C@H](NC(=O)OC(C)(C)C)C(C)C)C(C)C. The molecular formula is C19H33FN2O5. The second-order valence-electron chi connectivity index (χ2n) is 7.97. The molecule has 0 fully saturated rings. The lowest BCUT2D eigenvalue weighted by molar-refractivity contribution is -0.146. The van der Waals surface area contributed by atoms with Crippen LogP contribution in [0.25, 0.3) is 0 Å². The number of alkyl carbamates (subject to hydrolysis) is 1. The van der Waals surface area contributed by atoms with Crippen molar-refractivity contribution in [3.63, 3.8) is 0 Å². The van der Waals surface area contributed by atoms with E-state index in [2.05, 4.69) is 15.4 Å². The van der Waals surface area contributed by atoms with E-state index >= 15 is 0 Å². The summed E-state index contributed by atoms with van der Waals surface area (Å²) >= 11 is 0. The molecule has 27 heavy (non-hydrogen) atoms. The third kappa shape index (κ3) is 9.96. The fraction of sp³-hybridized carbons (Fsp3) is 0.737. The van der Waals surface area contributed by atoms with E-state index in [1.165, 1.54) is 7.11 Å². The highest BCUT2D eigenvalue weighted by Gasteiger charge is 2.26. The van der Waals surface area contributed by atoms with Crippen molar-refractivity contribution in [3.8, 4) is 0 Å². The van der Waals surface area contributed by atoms with Crippen LogP contribution in [0.5, 0.6) is 0 Å². The summed E-state index contributed by atoms with van der Waals surface area (Å²) in [5, 5.41) is 5.00. The molecule has 0 unspecified atom stereocenters. The van der Waals surface area contributed by atoms with Crippen LogP contribution in [0.4, 0.5) is 9.18 Å². The number of hydrogen-bond donors (Lipinski definition) is 2. The number of nitrogens with one attached hydrogen (secondary N) is 2. The summed E-state index contributed by atoms with van der Waals surface area (Å²) in [4.78, 5) is 35.6. The zero-order chi connectivity index (χ0) is 21.4. The van der Waals surface area contributed by atoms with Crippen LogP contribution in [-0.2, 0) is 19.1 Å². The minimum absolute atomic E-state index is 0.174. The third-order valence-corrected chi connectivity index (χ3v) is 3.56. The predicted octanol–water partition coefficient (Wildman–Crippen LogP) is 3.09. The molecule has 0 saturated heterocycles. The van der Waals surface area contributed by atoms with Crippen LogP contribution in [0.3, 0.4) is 0 Å². The Balaban J connectivity index is 4.97. The van der Waals surface area contributed by atoms with E-state index in [1.807, 2.05) is 0 Å². The molecule has 0 rings (SSSR count). The Bertz CT molecular complexity index is 553. The molecule has 0 bridgehead atoms.